The number of nitrogens with zero attached hydrogens (tertiary/aromatic N) is 2. The maximum Gasteiger partial charge on any atom is 0.321 e. The molecule has 0 bridgehead atoms. The van der Waals surface area contributed by atoms with Gasteiger partial charge >= 0.3 is 5.97 Å². The van der Waals surface area contributed by atoms with Crippen LogP contribution >= 0.6 is 11.8 Å². The number of hydrogen-bond acceptors (Lipinski definition) is 4. The molecule has 0 saturated heterocycles. The van der Waals surface area contributed by atoms with Gasteiger partial charge in [0.05, 0.1) is 0 Å². The van der Waals surface area contributed by atoms with Crippen molar-refractivity contribution in [2.45, 2.75) is 49.3 Å². The molecule has 1 heterocycles. The fraction of sp³-hybridized carbons (Fsp3) is 0.350. The summed E-state index contributed by atoms with van der Waals surface area (Å²) in [6, 6.07) is 11.4. The van der Waals surface area contributed by atoms with Gasteiger partial charge in [-0.25, -0.2) is 4.98 Å². The molecule has 0 unspecified atom stereocenters. The summed E-state index contributed by atoms with van der Waals surface area (Å²) in [5.74, 6) is -0.892. The molecular weight excluding hydrogens is 332 g/mol. The maximum atomic E-state index is 11.8. The number of carboxylic acid groups (broad SMARTS) is 1. The number of aromatic nitrogens is 1. The summed E-state index contributed by atoms with van der Waals surface area (Å²) in [4.78, 5) is 16.4. The Morgan fingerprint density at radius 3 is 2.56 bits per heavy atom. The van der Waals surface area contributed by atoms with Gasteiger partial charge in [-0.3, -0.25) is 4.79 Å². The Labute approximate surface area is 151 Å². The lowest BCUT2D eigenvalue weighted by Gasteiger charge is -2.23. The molecule has 1 atom stereocenters. The summed E-state index contributed by atoms with van der Waals surface area (Å²) >= 11 is 1.24. The van der Waals surface area contributed by atoms with E-state index in [0.29, 0.717) is 10.7 Å². The summed E-state index contributed by atoms with van der Waals surface area (Å²) < 4.78 is 0. The van der Waals surface area contributed by atoms with Crippen LogP contribution in [0.1, 0.15) is 53.0 Å². The third kappa shape index (κ3) is 3.54. The zero-order chi connectivity index (χ0) is 17.8. The van der Waals surface area contributed by atoms with Gasteiger partial charge < -0.3 is 5.11 Å². The van der Waals surface area contributed by atoms with Gasteiger partial charge in [0, 0.05) is 0 Å². The Balaban J connectivity index is 2.07. The third-order valence-electron chi connectivity index (χ3n) is 4.61. The first-order valence-corrected chi connectivity index (χ1v) is 9.42. The molecule has 3 rings (SSSR count). The van der Waals surface area contributed by atoms with E-state index in [1.807, 2.05) is 30.3 Å². The first-order chi connectivity index (χ1) is 12.2. The molecule has 1 aliphatic rings. The molecule has 1 N–H and O–H groups in total. The van der Waals surface area contributed by atoms with E-state index in [0.717, 1.165) is 48.8 Å². The highest BCUT2D eigenvalue weighted by molar-refractivity contribution is 8.00. The second kappa shape index (κ2) is 7.71. The van der Waals surface area contributed by atoms with E-state index in [9.17, 15) is 15.2 Å². The van der Waals surface area contributed by atoms with Crippen molar-refractivity contribution in [2.75, 3.05) is 0 Å². The second-order valence-corrected chi connectivity index (χ2v) is 7.21. The van der Waals surface area contributed by atoms with Gasteiger partial charge in [0.2, 0.25) is 0 Å². The highest BCUT2D eigenvalue weighted by Crippen LogP contribution is 2.40. The summed E-state index contributed by atoms with van der Waals surface area (Å²) in [5, 5.41) is 19.2. The summed E-state index contributed by atoms with van der Waals surface area (Å²) in [6.45, 7) is 2.07. The lowest BCUT2D eigenvalue weighted by atomic mass is 9.87. The lowest BCUT2D eigenvalue weighted by Crippen LogP contribution is -2.14. The molecule has 0 spiro atoms. The van der Waals surface area contributed by atoms with E-state index >= 15 is 0 Å². The molecule has 1 aliphatic carbocycles. The van der Waals surface area contributed by atoms with Crippen LogP contribution in [0.3, 0.4) is 0 Å². The van der Waals surface area contributed by atoms with Crippen molar-refractivity contribution < 1.29 is 9.90 Å². The number of thioether (sulfide) groups is 1. The van der Waals surface area contributed by atoms with E-state index in [1.54, 1.807) is 0 Å². The third-order valence-corrected chi connectivity index (χ3v) is 5.88. The largest absolute Gasteiger partial charge is 0.480 e. The zero-order valence-electron chi connectivity index (χ0n) is 14.2. The van der Waals surface area contributed by atoms with E-state index in [4.69, 9.17) is 0 Å². The molecule has 0 aliphatic heterocycles. The predicted octanol–water partition coefficient (Wildman–Crippen LogP) is 4.31. The molecule has 4 nitrogen and oxygen atoms in total. The minimum absolute atomic E-state index is 0.464. The quantitative estimate of drug-likeness (QED) is 0.812. The van der Waals surface area contributed by atoms with E-state index in [2.05, 4.69) is 18.0 Å². The number of benzene rings is 1. The monoisotopic (exact) mass is 352 g/mol. The minimum atomic E-state index is -0.892. The number of aliphatic carboxylic acids is 1. The standard InChI is InChI=1S/C20H20N2O2S/c1-2-14-15-10-6-7-11-16(15)17(12-21)22-19(14)25-18(20(23)24)13-8-4-3-5-9-13/h3-5,8-9,18H,2,6-7,10-11H2,1H3,(H,23,24)/t18-/m0/s1. The average Bonchev–Trinajstić information content (AvgIpc) is 2.65. The van der Waals surface area contributed by atoms with Crippen molar-refractivity contribution in [3.05, 3.63) is 58.3 Å². The zero-order valence-corrected chi connectivity index (χ0v) is 15.0. The van der Waals surface area contributed by atoms with Gasteiger partial charge in [-0.05, 0) is 54.4 Å². The van der Waals surface area contributed by atoms with Crippen molar-refractivity contribution in [2.24, 2.45) is 0 Å². The topological polar surface area (TPSA) is 74.0 Å². The van der Waals surface area contributed by atoms with Crippen LogP contribution in [0.4, 0.5) is 0 Å². The smallest absolute Gasteiger partial charge is 0.321 e. The van der Waals surface area contributed by atoms with Crippen LogP contribution in [0.5, 0.6) is 0 Å². The normalized spacial score (nSPS) is 14.4. The van der Waals surface area contributed by atoms with Gasteiger partial charge in [-0.15, -0.1) is 0 Å². The fourth-order valence-electron chi connectivity index (χ4n) is 3.42. The molecular formula is C20H20N2O2S. The predicted molar refractivity (Wildman–Crippen MR) is 97.6 cm³/mol. The van der Waals surface area contributed by atoms with Crippen LogP contribution in [-0.4, -0.2) is 16.1 Å². The molecule has 5 heteroatoms. The molecule has 25 heavy (non-hydrogen) atoms. The molecule has 2 aromatic rings. The number of hydrogen-bond donors (Lipinski definition) is 1. The van der Waals surface area contributed by atoms with Crippen LogP contribution < -0.4 is 0 Å². The molecule has 0 radical (unpaired) electrons. The van der Waals surface area contributed by atoms with Crippen LogP contribution in [0.2, 0.25) is 0 Å². The fourth-order valence-corrected chi connectivity index (χ4v) is 4.59. The molecule has 0 amide bonds. The van der Waals surface area contributed by atoms with Crippen LogP contribution in [0.25, 0.3) is 0 Å². The van der Waals surface area contributed by atoms with Gasteiger partial charge in [0.25, 0.3) is 0 Å². The summed E-state index contributed by atoms with van der Waals surface area (Å²) in [6.07, 6.45) is 4.84. The number of fused-ring (bicyclic) bond motifs is 1. The van der Waals surface area contributed by atoms with Crippen molar-refractivity contribution in [3.8, 4) is 6.07 Å². The van der Waals surface area contributed by atoms with Crippen molar-refractivity contribution in [1.82, 2.24) is 4.98 Å². The van der Waals surface area contributed by atoms with E-state index in [1.165, 1.54) is 17.3 Å². The van der Waals surface area contributed by atoms with E-state index < -0.39 is 11.2 Å². The Bertz CT molecular complexity index is 828. The number of carbonyl (C=O) groups is 1. The summed E-state index contributed by atoms with van der Waals surface area (Å²) in [5.41, 5.74) is 4.61. The van der Waals surface area contributed by atoms with Crippen LogP contribution in [0, 0.1) is 11.3 Å². The SMILES string of the molecule is CCc1c(S[C@H](C(=O)O)c2ccccc2)nc(C#N)c2c1CCCC2. The van der Waals surface area contributed by atoms with Gasteiger partial charge in [-0.1, -0.05) is 49.0 Å². The first-order valence-electron chi connectivity index (χ1n) is 8.54. The average molecular weight is 352 g/mol. The second-order valence-electron chi connectivity index (χ2n) is 6.12. The Morgan fingerprint density at radius 1 is 1.28 bits per heavy atom. The molecule has 1 aromatic heterocycles. The Hall–Kier alpha value is -2.32. The molecule has 0 fully saturated rings. The molecule has 0 saturated carbocycles. The maximum absolute atomic E-state index is 11.8. The number of nitriles is 1. The van der Waals surface area contributed by atoms with E-state index in [-0.39, 0.29) is 0 Å². The Morgan fingerprint density at radius 2 is 1.96 bits per heavy atom. The van der Waals surface area contributed by atoms with Gasteiger partial charge in [-0.2, -0.15) is 5.26 Å². The minimum Gasteiger partial charge on any atom is -0.480 e. The molecule has 128 valence electrons. The Kier molecular flexibility index (Phi) is 5.40. The molecule has 1 aromatic carbocycles. The van der Waals surface area contributed by atoms with Crippen molar-refractivity contribution in [1.29, 1.82) is 5.26 Å². The van der Waals surface area contributed by atoms with Gasteiger partial charge in [0.1, 0.15) is 22.0 Å². The van der Waals surface area contributed by atoms with Crippen molar-refractivity contribution in [3.63, 3.8) is 0 Å². The van der Waals surface area contributed by atoms with Crippen LogP contribution in [-0.2, 0) is 24.1 Å². The van der Waals surface area contributed by atoms with Gasteiger partial charge in [0.15, 0.2) is 0 Å². The summed E-state index contributed by atoms with van der Waals surface area (Å²) in [7, 11) is 0. The lowest BCUT2D eigenvalue weighted by molar-refractivity contribution is -0.136. The van der Waals surface area contributed by atoms with Crippen LogP contribution in [0.15, 0.2) is 35.4 Å². The number of carboxylic acids is 1. The number of rotatable bonds is 5. The number of pyridine rings is 1. The first kappa shape index (κ1) is 17.5. The highest BCUT2D eigenvalue weighted by atomic mass is 32.2. The van der Waals surface area contributed by atoms with Crippen molar-refractivity contribution >= 4 is 17.7 Å². The highest BCUT2D eigenvalue weighted by Gasteiger charge is 2.27.